The molecular weight excluding hydrogens is 262 g/mol. The van der Waals surface area contributed by atoms with Gasteiger partial charge in [-0.15, -0.1) is 0 Å². The molecule has 116 valence electrons. The number of nitrogens with zero attached hydrogens (tertiary/aromatic N) is 1. The molecule has 20 heavy (non-hydrogen) atoms. The largest absolute Gasteiger partial charge is 0.507 e. The number of rotatable bonds is 4. The first-order valence-corrected chi connectivity index (χ1v) is 7.13. The summed E-state index contributed by atoms with van der Waals surface area (Å²) in [7, 11) is 0. The third kappa shape index (κ3) is 4.28. The zero-order valence-electron chi connectivity index (χ0n) is 12.8. The normalized spacial score (nSPS) is 22.7. The Kier molecular flexibility index (Phi) is 5.25. The van der Waals surface area contributed by atoms with Gasteiger partial charge in [-0.3, -0.25) is 4.90 Å². The van der Waals surface area contributed by atoms with E-state index in [1.807, 2.05) is 6.92 Å². The number of carbonyl (C=O) groups excluding carboxylic acids is 1. The van der Waals surface area contributed by atoms with Crippen LogP contribution in [-0.2, 0) is 9.47 Å². The predicted molar refractivity (Wildman–Crippen MR) is 73.5 cm³/mol. The first kappa shape index (κ1) is 16.6. The van der Waals surface area contributed by atoms with E-state index in [-0.39, 0.29) is 0 Å². The molecule has 1 unspecified atom stereocenters. The summed E-state index contributed by atoms with van der Waals surface area (Å²) in [5.41, 5.74) is -1.68. The molecule has 1 heterocycles. The maximum Gasteiger partial charge on any atom is 0.507 e. The second-order valence-electron chi connectivity index (χ2n) is 6.15. The Hall–Kier alpha value is -1.46. The highest BCUT2D eigenvalue weighted by molar-refractivity contribution is 5.70. The van der Waals surface area contributed by atoms with Gasteiger partial charge in [0, 0.05) is 19.4 Å². The Labute approximate surface area is 120 Å². The van der Waals surface area contributed by atoms with E-state index in [0.717, 1.165) is 19.3 Å². The number of carboxylic acid groups (broad SMARTS) is 1. The molecule has 0 spiro atoms. The topological polar surface area (TPSA) is 76.1 Å². The van der Waals surface area contributed by atoms with Crippen molar-refractivity contribution in [2.75, 3.05) is 6.54 Å². The molecule has 1 rings (SSSR count). The van der Waals surface area contributed by atoms with Gasteiger partial charge < -0.3 is 14.6 Å². The molecule has 0 aromatic carbocycles. The molecule has 0 radical (unpaired) electrons. The Morgan fingerprint density at radius 1 is 1.35 bits per heavy atom. The maximum absolute atomic E-state index is 12.3. The van der Waals surface area contributed by atoms with Crippen LogP contribution in [0.25, 0.3) is 0 Å². The quantitative estimate of drug-likeness (QED) is 0.799. The summed E-state index contributed by atoms with van der Waals surface area (Å²) >= 11 is 0. The van der Waals surface area contributed by atoms with Gasteiger partial charge in [0.05, 0.1) is 0 Å². The van der Waals surface area contributed by atoms with E-state index in [1.165, 1.54) is 4.90 Å². The molecule has 6 nitrogen and oxygen atoms in total. The summed E-state index contributed by atoms with van der Waals surface area (Å²) in [5, 5.41) is 8.97. The van der Waals surface area contributed by atoms with E-state index >= 15 is 0 Å². The Morgan fingerprint density at radius 3 is 2.50 bits per heavy atom. The molecule has 1 aliphatic rings. The average Bonchev–Trinajstić information content (AvgIpc) is 2.67. The van der Waals surface area contributed by atoms with Crippen LogP contribution in [0, 0.1) is 0 Å². The molecule has 1 atom stereocenters. The van der Waals surface area contributed by atoms with Crippen LogP contribution in [0.15, 0.2) is 0 Å². The van der Waals surface area contributed by atoms with Gasteiger partial charge in [-0.2, -0.15) is 0 Å². The lowest BCUT2D eigenvalue weighted by atomic mass is 10.0. The Bertz CT molecular complexity index is 363. The van der Waals surface area contributed by atoms with Crippen LogP contribution in [0.4, 0.5) is 9.59 Å². The van der Waals surface area contributed by atoms with Gasteiger partial charge >= 0.3 is 12.2 Å². The van der Waals surface area contributed by atoms with Gasteiger partial charge in [0.2, 0.25) is 0 Å². The van der Waals surface area contributed by atoms with Crippen molar-refractivity contribution in [2.24, 2.45) is 0 Å². The Morgan fingerprint density at radius 2 is 2.00 bits per heavy atom. The minimum absolute atomic E-state index is 0.464. The fraction of sp³-hybridized carbons (Fsp3) is 0.857. The van der Waals surface area contributed by atoms with E-state index in [1.54, 1.807) is 20.8 Å². The first-order valence-electron chi connectivity index (χ1n) is 7.13. The predicted octanol–water partition coefficient (Wildman–Crippen LogP) is 3.60. The highest BCUT2D eigenvalue weighted by Gasteiger charge is 2.48. The van der Waals surface area contributed by atoms with Gasteiger partial charge in [0.25, 0.3) is 0 Å². The van der Waals surface area contributed by atoms with Gasteiger partial charge in [-0.25, -0.2) is 9.59 Å². The van der Waals surface area contributed by atoms with Gasteiger partial charge in [0.1, 0.15) is 5.60 Å². The molecule has 1 saturated heterocycles. The molecule has 1 fully saturated rings. The summed E-state index contributed by atoms with van der Waals surface area (Å²) < 4.78 is 10.4. The zero-order valence-corrected chi connectivity index (χ0v) is 12.8. The van der Waals surface area contributed by atoms with E-state index in [0.29, 0.717) is 19.4 Å². The zero-order chi connectivity index (χ0) is 15.4. The molecular formula is C14H25NO5. The van der Waals surface area contributed by atoms with Crippen LogP contribution in [-0.4, -0.2) is 40.1 Å². The van der Waals surface area contributed by atoms with Crippen molar-refractivity contribution < 1.29 is 24.2 Å². The summed E-state index contributed by atoms with van der Waals surface area (Å²) in [5.74, 6) is 0. The van der Waals surface area contributed by atoms with Crippen LogP contribution < -0.4 is 0 Å². The molecule has 1 aliphatic heterocycles. The maximum atomic E-state index is 12.3. The molecule has 0 saturated carbocycles. The number of ether oxygens (including phenoxy) is 2. The third-order valence-electron chi connectivity index (χ3n) is 3.25. The van der Waals surface area contributed by atoms with E-state index in [9.17, 15) is 9.59 Å². The number of hydrogen-bond acceptors (Lipinski definition) is 4. The smallest absolute Gasteiger partial charge is 0.450 e. The number of unbranched alkanes of at least 4 members (excludes halogenated alkanes) is 1. The average molecular weight is 287 g/mol. The lowest BCUT2D eigenvalue weighted by Crippen LogP contribution is -2.51. The van der Waals surface area contributed by atoms with Gasteiger partial charge in [-0.1, -0.05) is 13.3 Å². The second kappa shape index (κ2) is 6.33. The highest BCUT2D eigenvalue weighted by atomic mass is 16.7. The van der Waals surface area contributed by atoms with Crippen LogP contribution in [0.1, 0.15) is 59.8 Å². The molecule has 0 aromatic heterocycles. The minimum Gasteiger partial charge on any atom is -0.450 e. The van der Waals surface area contributed by atoms with E-state index in [2.05, 4.69) is 0 Å². The van der Waals surface area contributed by atoms with Crippen LogP contribution in [0.5, 0.6) is 0 Å². The molecule has 0 aliphatic carbocycles. The van der Waals surface area contributed by atoms with E-state index in [4.69, 9.17) is 14.6 Å². The van der Waals surface area contributed by atoms with Crippen molar-refractivity contribution in [3.63, 3.8) is 0 Å². The SMILES string of the molecule is CCCCC1(OC(=O)O)CCCN1C(=O)OC(C)(C)C. The fourth-order valence-electron chi connectivity index (χ4n) is 2.46. The van der Waals surface area contributed by atoms with Crippen molar-refractivity contribution in [3.8, 4) is 0 Å². The van der Waals surface area contributed by atoms with Crippen LogP contribution in [0.2, 0.25) is 0 Å². The van der Waals surface area contributed by atoms with Crippen LogP contribution >= 0.6 is 0 Å². The van der Waals surface area contributed by atoms with Crippen molar-refractivity contribution in [3.05, 3.63) is 0 Å². The van der Waals surface area contributed by atoms with Gasteiger partial charge in [-0.05, 0) is 33.6 Å². The first-order chi connectivity index (χ1) is 9.20. The standard InChI is InChI=1S/C14H25NO5/c1-5-6-8-14(20-12(17)18)9-7-10-15(14)11(16)19-13(2,3)4/h5-10H2,1-4H3,(H,17,18). The summed E-state index contributed by atoms with van der Waals surface area (Å²) in [6.45, 7) is 7.83. The second-order valence-corrected chi connectivity index (χ2v) is 6.15. The highest BCUT2D eigenvalue weighted by Crippen LogP contribution is 2.36. The molecule has 1 amide bonds. The van der Waals surface area contributed by atoms with Crippen molar-refractivity contribution >= 4 is 12.2 Å². The Balaban J connectivity index is 2.89. The summed E-state index contributed by atoms with van der Waals surface area (Å²) in [6.07, 6.45) is 1.60. The number of amides is 1. The van der Waals surface area contributed by atoms with E-state index < -0.39 is 23.6 Å². The lowest BCUT2D eigenvalue weighted by molar-refractivity contribution is -0.108. The number of carbonyl (C=O) groups is 2. The fourth-order valence-corrected chi connectivity index (χ4v) is 2.46. The third-order valence-corrected chi connectivity index (χ3v) is 3.25. The monoisotopic (exact) mass is 287 g/mol. The van der Waals surface area contributed by atoms with Crippen molar-refractivity contribution in [2.45, 2.75) is 71.1 Å². The van der Waals surface area contributed by atoms with Crippen LogP contribution in [0.3, 0.4) is 0 Å². The number of hydrogen-bond donors (Lipinski definition) is 1. The van der Waals surface area contributed by atoms with Gasteiger partial charge in [0.15, 0.2) is 5.72 Å². The number of likely N-dealkylation sites (tertiary alicyclic amines) is 1. The minimum atomic E-state index is -1.35. The summed E-state index contributed by atoms with van der Waals surface area (Å²) in [4.78, 5) is 24.7. The molecule has 0 aromatic rings. The van der Waals surface area contributed by atoms with Crippen molar-refractivity contribution in [1.82, 2.24) is 4.90 Å². The molecule has 6 heteroatoms. The summed E-state index contributed by atoms with van der Waals surface area (Å²) in [6, 6.07) is 0. The molecule has 1 N–H and O–H groups in total. The lowest BCUT2D eigenvalue weighted by Gasteiger charge is -2.37. The molecule has 0 bridgehead atoms. The van der Waals surface area contributed by atoms with Crippen molar-refractivity contribution in [1.29, 1.82) is 0 Å².